The lowest BCUT2D eigenvalue weighted by Gasteiger charge is -2.22. The number of guanidine groups is 1. The number of aromatic nitrogens is 2. The molecule has 0 radical (unpaired) electrons. The molecule has 160 valence electrons. The van der Waals surface area contributed by atoms with E-state index >= 15 is 0 Å². The summed E-state index contributed by atoms with van der Waals surface area (Å²) in [5.74, 6) is 2.74. The third-order valence-electron chi connectivity index (χ3n) is 4.37. The molecule has 7 nitrogen and oxygen atoms in total. The molecule has 3 aromatic rings. The molecule has 9 heteroatoms. The molecule has 0 atom stereocenters. The maximum absolute atomic E-state index is 5.92. The standard InChI is InChI=1S/C21H24ClN5O2.HI/c1-23-21(27(2)14-16-6-4-5-7-18(16)28-3)24-13-12-19-25-20(26-29-19)15-8-10-17(22)11-9-15;/h4-11H,12-14H2,1-3H3,(H,23,24);1H. The van der Waals surface area contributed by atoms with E-state index in [4.69, 9.17) is 20.9 Å². The predicted molar refractivity (Wildman–Crippen MR) is 130 cm³/mol. The zero-order valence-electron chi connectivity index (χ0n) is 17.1. The number of nitrogens with zero attached hydrogens (tertiary/aromatic N) is 4. The lowest BCUT2D eigenvalue weighted by molar-refractivity contribution is 0.376. The van der Waals surface area contributed by atoms with E-state index in [0.717, 1.165) is 22.8 Å². The summed E-state index contributed by atoms with van der Waals surface area (Å²) >= 11 is 5.92. The average molecular weight is 542 g/mol. The van der Waals surface area contributed by atoms with Crippen LogP contribution in [0.5, 0.6) is 5.75 Å². The van der Waals surface area contributed by atoms with Crippen molar-refractivity contribution in [1.82, 2.24) is 20.4 Å². The third-order valence-corrected chi connectivity index (χ3v) is 4.62. The highest BCUT2D eigenvalue weighted by Gasteiger charge is 2.12. The number of hydrogen-bond donors (Lipinski definition) is 1. The van der Waals surface area contributed by atoms with Gasteiger partial charge in [0.15, 0.2) is 5.96 Å². The van der Waals surface area contributed by atoms with Gasteiger partial charge in [0.1, 0.15) is 5.75 Å². The summed E-state index contributed by atoms with van der Waals surface area (Å²) in [6.45, 7) is 1.29. The van der Waals surface area contributed by atoms with Gasteiger partial charge in [-0.2, -0.15) is 4.98 Å². The smallest absolute Gasteiger partial charge is 0.228 e. The zero-order valence-corrected chi connectivity index (χ0v) is 20.2. The van der Waals surface area contributed by atoms with Crippen molar-refractivity contribution >= 4 is 41.5 Å². The van der Waals surface area contributed by atoms with Crippen LogP contribution in [-0.4, -0.2) is 48.8 Å². The summed E-state index contributed by atoms with van der Waals surface area (Å²) < 4.78 is 10.8. The quantitative estimate of drug-likeness (QED) is 0.274. The summed E-state index contributed by atoms with van der Waals surface area (Å²) in [6.07, 6.45) is 0.585. The Morgan fingerprint density at radius 2 is 1.93 bits per heavy atom. The van der Waals surface area contributed by atoms with Crippen LogP contribution in [0.25, 0.3) is 11.4 Å². The number of methoxy groups -OCH3 is 1. The lowest BCUT2D eigenvalue weighted by Crippen LogP contribution is -2.39. The summed E-state index contributed by atoms with van der Waals surface area (Å²) in [4.78, 5) is 10.8. The zero-order chi connectivity index (χ0) is 20.6. The first-order chi connectivity index (χ1) is 14.1. The monoisotopic (exact) mass is 541 g/mol. The number of benzene rings is 2. The van der Waals surface area contributed by atoms with Crippen molar-refractivity contribution in [1.29, 1.82) is 0 Å². The van der Waals surface area contributed by atoms with Crippen molar-refractivity contribution in [3.63, 3.8) is 0 Å². The van der Waals surface area contributed by atoms with Crippen molar-refractivity contribution < 1.29 is 9.26 Å². The van der Waals surface area contributed by atoms with Gasteiger partial charge >= 0.3 is 0 Å². The molecule has 0 bridgehead atoms. The molecular weight excluding hydrogens is 517 g/mol. The fourth-order valence-electron chi connectivity index (χ4n) is 2.90. The van der Waals surface area contributed by atoms with E-state index in [-0.39, 0.29) is 24.0 Å². The largest absolute Gasteiger partial charge is 0.496 e. The Labute approximate surface area is 198 Å². The minimum absolute atomic E-state index is 0. The van der Waals surface area contributed by atoms with Crippen LogP contribution in [0.4, 0.5) is 0 Å². The van der Waals surface area contributed by atoms with E-state index in [0.29, 0.717) is 36.2 Å². The van der Waals surface area contributed by atoms with Crippen molar-refractivity contribution in [3.8, 4) is 17.1 Å². The molecule has 1 aromatic heterocycles. The Morgan fingerprint density at radius 1 is 1.20 bits per heavy atom. The Balaban J connectivity index is 0.00000320. The Kier molecular flexibility index (Phi) is 9.38. The van der Waals surface area contributed by atoms with Gasteiger partial charge in [-0.15, -0.1) is 24.0 Å². The van der Waals surface area contributed by atoms with Crippen molar-refractivity contribution in [2.75, 3.05) is 27.7 Å². The van der Waals surface area contributed by atoms with E-state index < -0.39 is 0 Å². The fourth-order valence-corrected chi connectivity index (χ4v) is 3.03. The Bertz CT molecular complexity index is 962. The fraction of sp³-hybridized carbons (Fsp3) is 0.286. The second kappa shape index (κ2) is 11.8. The van der Waals surface area contributed by atoms with Crippen LogP contribution in [0.1, 0.15) is 11.5 Å². The van der Waals surface area contributed by atoms with Gasteiger partial charge in [-0.25, -0.2) is 0 Å². The molecule has 0 spiro atoms. The minimum Gasteiger partial charge on any atom is -0.496 e. The maximum Gasteiger partial charge on any atom is 0.228 e. The normalized spacial score (nSPS) is 11.0. The molecule has 1 heterocycles. The van der Waals surface area contributed by atoms with Gasteiger partial charge in [0, 0.05) is 49.8 Å². The lowest BCUT2D eigenvalue weighted by atomic mass is 10.2. The van der Waals surface area contributed by atoms with Gasteiger partial charge in [0.05, 0.1) is 7.11 Å². The third kappa shape index (κ3) is 6.33. The highest BCUT2D eigenvalue weighted by atomic mass is 127. The van der Waals surface area contributed by atoms with Gasteiger partial charge in [0.25, 0.3) is 0 Å². The SMILES string of the molecule is CN=C(NCCc1nc(-c2ccc(Cl)cc2)no1)N(C)Cc1ccccc1OC.I. The number of hydrogen-bond acceptors (Lipinski definition) is 5. The average Bonchev–Trinajstić information content (AvgIpc) is 3.21. The molecule has 0 fully saturated rings. The van der Waals surface area contributed by atoms with Crippen LogP contribution >= 0.6 is 35.6 Å². The second-order valence-corrected chi connectivity index (χ2v) is 6.85. The number of para-hydroxylation sites is 1. The van der Waals surface area contributed by atoms with Crippen molar-refractivity contribution in [2.45, 2.75) is 13.0 Å². The molecule has 0 aliphatic carbocycles. The summed E-state index contributed by atoms with van der Waals surface area (Å²) in [7, 11) is 5.41. The molecule has 30 heavy (non-hydrogen) atoms. The first-order valence-electron chi connectivity index (χ1n) is 9.23. The first-order valence-corrected chi connectivity index (χ1v) is 9.60. The number of ether oxygens (including phenoxy) is 1. The molecule has 0 aliphatic rings. The highest BCUT2D eigenvalue weighted by molar-refractivity contribution is 14.0. The number of aliphatic imine (C=N–C) groups is 1. The topological polar surface area (TPSA) is 75.8 Å². The molecule has 2 aromatic carbocycles. The van der Waals surface area contributed by atoms with Crippen LogP contribution in [0.15, 0.2) is 58.0 Å². The van der Waals surface area contributed by atoms with Crippen LogP contribution < -0.4 is 10.1 Å². The first kappa shape index (κ1) is 23.9. The second-order valence-electron chi connectivity index (χ2n) is 6.41. The summed E-state index contributed by atoms with van der Waals surface area (Å²) in [5, 5.41) is 8.03. The number of nitrogens with one attached hydrogen (secondary N) is 1. The molecular formula is C21H25ClIN5O2. The maximum atomic E-state index is 5.92. The van der Waals surface area contributed by atoms with E-state index in [2.05, 4.69) is 20.4 Å². The van der Waals surface area contributed by atoms with Gasteiger partial charge in [0.2, 0.25) is 11.7 Å². The molecule has 0 amide bonds. The van der Waals surface area contributed by atoms with E-state index in [1.165, 1.54) is 0 Å². The van der Waals surface area contributed by atoms with Gasteiger partial charge in [-0.3, -0.25) is 4.99 Å². The van der Waals surface area contributed by atoms with E-state index in [1.807, 2.05) is 48.3 Å². The molecule has 0 unspecified atom stereocenters. The number of halogens is 2. The summed E-state index contributed by atoms with van der Waals surface area (Å²) in [6, 6.07) is 15.3. The van der Waals surface area contributed by atoms with Gasteiger partial charge in [-0.05, 0) is 30.3 Å². The molecule has 0 saturated carbocycles. The van der Waals surface area contributed by atoms with E-state index in [9.17, 15) is 0 Å². The molecule has 0 aliphatic heterocycles. The molecule has 3 rings (SSSR count). The Hall–Kier alpha value is -2.33. The Morgan fingerprint density at radius 3 is 2.63 bits per heavy atom. The van der Waals surface area contributed by atoms with Crippen LogP contribution in [0, 0.1) is 0 Å². The van der Waals surface area contributed by atoms with Crippen LogP contribution in [0.2, 0.25) is 5.02 Å². The minimum atomic E-state index is 0. The molecule has 1 N–H and O–H groups in total. The van der Waals surface area contributed by atoms with Gasteiger partial charge in [-0.1, -0.05) is 35.0 Å². The summed E-state index contributed by atoms with van der Waals surface area (Å²) in [5.41, 5.74) is 1.95. The van der Waals surface area contributed by atoms with Crippen molar-refractivity contribution in [2.24, 2.45) is 4.99 Å². The molecule has 0 saturated heterocycles. The van der Waals surface area contributed by atoms with Crippen LogP contribution in [-0.2, 0) is 13.0 Å². The highest BCUT2D eigenvalue weighted by Crippen LogP contribution is 2.19. The predicted octanol–water partition coefficient (Wildman–Crippen LogP) is 4.27. The van der Waals surface area contributed by atoms with Gasteiger partial charge < -0.3 is 19.5 Å². The van der Waals surface area contributed by atoms with Crippen LogP contribution in [0.3, 0.4) is 0 Å². The number of rotatable bonds is 7. The van der Waals surface area contributed by atoms with Crippen molar-refractivity contribution in [3.05, 3.63) is 65.0 Å². The van der Waals surface area contributed by atoms with E-state index in [1.54, 1.807) is 26.3 Å².